The number of hydrogen-bond acceptors (Lipinski definition) is 5. The number of nitrogens with zero attached hydrogens (tertiary/aromatic N) is 4. The topological polar surface area (TPSA) is 111 Å². The Morgan fingerprint density at radius 2 is 2.26 bits per heavy atom. The van der Waals surface area contributed by atoms with E-state index in [0.29, 0.717) is 11.3 Å². The molecule has 19 heavy (non-hydrogen) atoms. The van der Waals surface area contributed by atoms with Crippen LogP contribution < -0.4 is 0 Å². The van der Waals surface area contributed by atoms with E-state index in [9.17, 15) is 14.9 Å². The van der Waals surface area contributed by atoms with E-state index in [4.69, 9.17) is 5.11 Å². The van der Waals surface area contributed by atoms with E-state index in [-0.39, 0.29) is 18.1 Å². The molecule has 2 heterocycles. The first-order valence-corrected chi connectivity index (χ1v) is 5.35. The molecule has 1 N–H and O–H groups in total. The molecule has 0 unspecified atom stereocenters. The van der Waals surface area contributed by atoms with Gasteiger partial charge in [-0.2, -0.15) is 4.68 Å². The van der Waals surface area contributed by atoms with Gasteiger partial charge in [0.2, 0.25) is 0 Å². The highest BCUT2D eigenvalue weighted by atomic mass is 16.6. The number of aromatic carboxylic acids is 1. The van der Waals surface area contributed by atoms with Crippen molar-refractivity contribution in [3.63, 3.8) is 0 Å². The van der Waals surface area contributed by atoms with E-state index in [1.807, 2.05) is 0 Å². The summed E-state index contributed by atoms with van der Waals surface area (Å²) in [5.41, 5.74) is 0.840. The molecular weight excluding hydrogens is 252 g/mol. The van der Waals surface area contributed by atoms with Gasteiger partial charge in [0.25, 0.3) is 0 Å². The molecule has 0 bridgehead atoms. The maximum absolute atomic E-state index is 10.8. The van der Waals surface area contributed by atoms with Crippen LogP contribution in [0.2, 0.25) is 0 Å². The van der Waals surface area contributed by atoms with E-state index in [0.717, 1.165) is 0 Å². The second-order valence-corrected chi connectivity index (χ2v) is 3.91. The van der Waals surface area contributed by atoms with Crippen molar-refractivity contribution in [3.8, 4) is 0 Å². The van der Waals surface area contributed by atoms with E-state index < -0.39 is 10.9 Å². The minimum atomic E-state index is -1.12. The van der Waals surface area contributed by atoms with E-state index in [1.54, 1.807) is 19.1 Å². The molecule has 0 aliphatic rings. The van der Waals surface area contributed by atoms with Gasteiger partial charge in [0.05, 0.1) is 22.6 Å². The summed E-state index contributed by atoms with van der Waals surface area (Å²) in [5.74, 6) is -1.33. The predicted octanol–water partition coefficient (Wildman–Crippen LogP) is 1.24. The van der Waals surface area contributed by atoms with Crippen molar-refractivity contribution in [2.24, 2.45) is 0 Å². The molecule has 0 aliphatic carbocycles. The zero-order chi connectivity index (χ0) is 14.0. The highest BCUT2D eigenvalue weighted by Crippen LogP contribution is 2.14. The molecule has 0 atom stereocenters. The lowest BCUT2D eigenvalue weighted by molar-refractivity contribution is -0.390. The lowest BCUT2D eigenvalue weighted by Crippen LogP contribution is -2.07. The van der Waals surface area contributed by atoms with E-state index >= 15 is 0 Å². The molecule has 0 fully saturated rings. The van der Waals surface area contributed by atoms with Crippen molar-refractivity contribution < 1.29 is 14.8 Å². The van der Waals surface area contributed by atoms with Crippen molar-refractivity contribution in [2.45, 2.75) is 13.5 Å². The summed E-state index contributed by atoms with van der Waals surface area (Å²) in [6, 6.07) is 4.58. The van der Waals surface area contributed by atoms with Gasteiger partial charge >= 0.3 is 11.8 Å². The van der Waals surface area contributed by atoms with Crippen LogP contribution in [0.1, 0.15) is 21.7 Å². The number of pyridine rings is 1. The second kappa shape index (κ2) is 4.84. The molecule has 8 heteroatoms. The molecule has 0 aliphatic heterocycles. The number of carboxylic acid groups (broad SMARTS) is 1. The van der Waals surface area contributed by atoms with Gasteiger partial charge in [0.15, 0.2) is 0 Å². The van der Waals surface area contributed by atoms with Crippen LogP contribution in [0.25, 0.3) is 0 Å². The molecule has 98 valence electrons. The molecule has 8 nitrogen and oxygen atoms in total. The van der Waals surface area contributed by atoms with E-state index in [2.05, 4.69) is 10.1 Å². The summed E-state index contributed by atoms with van der Waals surface area (Å²) in [7, 11) is 0. The maximum Gasteiger partial charge on any atom is 0.392 e. The zero-order valence-electron chi connectivity index (χ0n) is 9.98. The third-order valence-electron chi connectivity index (χ3n) is 2.44. The standard InChI is InChI=1S/C11H10N4O4/c1-7-5-14(13-10(7)15(18)19)6-8-3-2-4-9(12-8)11(16)17/h2-5H,6H2,1H3,(H,16,17). The highest BCUT2D eigenvalue weighted by Gasteiger charge is 2.17. The number of hydrogen-bond donors (Lipinski definition) is 1. The minimum Gasteiger partial charge on any atom is -0.477 e. The lowest BCUT2D eigenvalue weighted by atomic mass is 10.3. The normalized spacial score (nSPS) is 10.4. The first kappa shape index (κ1) is 12.7. The first-order valence-electron chi connectivity index (χ1n) is 5.35. The second-order valence-electron chi connectivity index (χ2n) is 3.91. The highest BCUT2D eigenvalue weighted by molar-refractivity contribution is 5.85. The average Bonchev–Trinajstić information content (AvgIpc) is 2.70. The van der Waals surface area contributed by atoms with E-state index in [1.165, 1.54) is 16.9 Å². The Labute approximate surface area is 107 Å². The summed E-state index contributed by atoms with van der Waals surface area (Å²) < 4.78 is 1.36. The smallest absolute Gasteiger partial charge is 0.392 e. The third-order valence-corrected chi connectivity index (χ3v) is 2.44. The van der Waals surface area contributed by atoms with Crippen molar-refractivity contribution in [1.29, 1.82) is 0 Å². The number of carbonyl (C=O) groups is 1. The Morgan fingerprint density at radius 1 is 1.53 bits per heavy atom. The third kappa shape index (κ3) is 2.73. The molecule has 0 spiro atoms. The van der Waals surface area contributed by atoms with Gasteiger partial charge in [-0.25, -0.2) is 9.78 Å². The van der Waals surface area contributed by atoms with Crippen LogP contribution in [-0.4, -0.2) is 30.8 Å². The Morgan fingerprint density at radius 3 is 2.84 bits per heavy atom. The van der Waals surface area contributed by atoms with Crippen molar-refractivity contribution in [3.05, 3.63) is 51.5 Å². The Hall–Kier alpha value is -2.77. The minimum absolute atomic E-state index is 0.0733. The monoisotopic (exact) mass is 262 g/mol. The van der Waals surface area contributed by atoms with Gasteiger partial charge in [-0.15, -0.1) is 0 Å². The fourth-order valence-electron chi connectivity index (χ4n) is 1.62. The molecule has 0 aromatic carbocycles. The van der Waals surface area contributed by atoms with Crippen molar-refractivity contribution >= 4 is 11.8 Å². The Bertz CT molecular complexity index is 650. The summed E-state index contributed by atoms with van der Waals surface area (Å²) >= 11 is 0. The molecule has 0 saturated carbocycles. The zero-order valence-corrected chi connectivity index (χ0v) is 9.98. The SMILES string of the molecule is Cc1cn(Cc2cccc(C(=O)O)n2)nc1[N+](=O)[O-]. The molecular formula is C11H10N4O4. The van der Waals surface area contributed by atoms with Gasteiger partial charge < -0.3 is 15.2 Å². The van der Waals surface area contributed by atoms with Gasteiger partial charge in [0.1, 0.15) is 12.2 Å². The fourth-order valence-corrected chi connectivity index (χ4v) is 1.62. The van der Waals surface area contributed by atoms with Gasteiger partial charge in [-0.3, -0.25) is 0 Å². The van der Waals surface area contributed by atoms with Crippen molar-refractivity contribution in [1.82, 2.24) is 14.8 Å². The van der Waals surface area contributed by atoms with Gasteiger partial charge in [-0.05, 0) is 24.0 Å². The van der Waals surface area contributed by atoms with Crippen LogP contribution in [-0.2, 0) is 6.54 Å². The average molecular weight is 262 g/mol. The molecule has 2 rings (SSSR count). The fraction of sp³-hybridized carbons (Fsp3) is 0.182. The van der Waals surface area contributed by atoms with Crippen LogP contribution in [0, 0.1) is 17.0 Å². The summed E-state index contributed by atoms with van der Waals surface area (Å²) in [6.07, 6.45) is 1.52. The van der Waals surface area contributed by atoms with Crippen LogP contribution in [0.3, 0.4) is 0 Å². The number of aromatic nitrogens is 3. The maximum atomic E-state index is 10.8. The number of rotatable bonds is 4. The first-order chi connectivity index (χ1) is 8.97. The predicted molar refractivity (Wildman–Crippen MR) is 63.9 cm³/mol. The molecule has 0 amide bonds. The quantitative estimate of drug-likeness (QED) is 0.655. The molecule has 2 aromatic rings. The summed E-state index contributed by atoms with van der Waals surface area (Å²) in [6.45, 7) is 1.76. The van der Waals surface area contributed by atoms with Gasteiger partial charge in [-0.1, -0.05) is 6.07 Å². The van der Waals surface area contributed by atoms with Crippen molar-refractivity contribution in [2.75, 3.05) is 0 Å². The Kier molecular flexibility index (Phi) is 3.23. The molecule has 0 radical (unpaired) electrons. The Balaban J connectivity index is 2.26. The largest absolute Gasteiger partial charge is 0.477 e. The summed E-state index contributed by atoms with van der Waals surface area (Å²) in [5, 5.41) is 23.3. The van der Waals surface area contributed by atoms with Gasteiger partial charge in [0, 0.05) is 0 Å². The summed E-state index contributed by atoms with van der Waals surface area (Å²) in [4.78, 5) is 24.8. The number of carboxylic acids is 1. The molecule has 0 saturated heterocycles. The number of nitro groups is 1. The van der Waals surface area contributed by atoms with Crippen LogP contribution in [0.4, 0.5) is 5.82 Å². The lowest BCUT2D eigenvalue weighted by Gasteiger charge is -1.99. The number of aryl methyl sites for hydroxylation is 1. The van der Waals surface area contributed by atoms with Crippen LogP contribution in [0.15, 0.2) is 24.4 Å². The molecule has 2 aromatic heterocycles. The van der Waals surface area contributed by atoms with Crippen LogP contribution in [0.5, 0.6) is 0 Å². The van der Waals surface area contributed by atoms with Crippen LogP contribution >= 0.6 is 0 Å².